The number of benzene rings is 1. The summed E-state index contributed by atoms with van der Waals surface area (Å²) in [5.74, 6) is 0.330. The summed E-state index contributed by atoms with van der Waals surface area (Å²) in [5, 5.41) is 31.2. The zero-order chi connectivity index (χ0) is 24.2. The molecule has 1 aromatic rings. The van der Waals surface area contributed by atoms with Gasteiger partial charge in [-0.1, -0.05) is 36.4 Å². The maximum atomic E-state index is 11.6. The highest BCUT2D eigenvalue weighted by atomic mass is 16.5. The molecule has 0 amide bonds. The van der Waals surface area contributed by atoms with Gasteiger partial charge in [-0.05, 0) is 69.6 Å². The SMILES string of the molecule is COc1cccc(CCC(O)C=C[C@H]2C(O)CC(O)[C@@H]2CC=CCCCC(=O)OC(C)C)c1. The number of rotatable bonds is 13. The average Bonchev–Trinajstić information content (AvgIpc) is 3.04. The molecule has 1 saturated carbocycles. The Morgan fingerprint density at radius 3 is 2.73 bits per heavy atom. The first-order chi connectivity index (χ1) is 15.8. The molecule has 6 nitrogen and oxygen atoms in total. The van der Waals surface area contributed by atoms with Crippen molar-refractivity contribution < 1.29 is 29.6 Å². The van der Waals surface area contributed by atoms with Gasteiger partial charge >= 0.3 is 5.97 Å². The van der Waals surface area contributed by atoms with Crippen molar-refractivity contribution in [3.8, 4) is 5.75 Å². The molecule has 184 valence electrons. The molecular weight excluding hydrogens is 420 g/mol. The Kier molecular flexibility index (Phi) is 11.6. The first kappa shape index (κ1) is 27.1. The zero-order valence-electron chi connectivity index (χ0n) is 20.1. The number of aryl methyl sites for hydroxylation is 1. The normalized spacial score (nSPS) is 24.1. The van der Waals surface area contributed by atoms with E-state index < -0.39 is 18.3 Å². The predicted octanol–water partition coefficient (Wildman–Crippen LogP) is 3.97. The number of hydrogen-bond acceptors (Lipinski definition) is 6. The van der Waals surface area contributed by atoms with Crippen LogP contribution in [0.5, 0.6) is 5.75 Å². The van der Waals surface area contributed by atoms with Crippen molar-refractivity contribution >= 4 is 5.97 Å². The van der Waals surface area contributed by atoms with E-state index in [0.717, 1.165) is 30.6 Å². The van der Waals surface area contributed by atoms with Gasteiger partial charge in [0, 0.05) is 18.8 Å². The van der Waals surface area contributed by atoms with E-state index >= 15 is 0 Å². The van der Waals surface area contributed by atoms with Crippen LogP contribution < -0.4 is 4.74 Å². The van der Waals surface area contributed by atoms with Crippen LogP contribution in [-0.2, 0) is 16.0 Å². The third-order valence-corrected chi connectivity index (χ3v) is 6.03. The summed E-state index contributed by atoms with van der Waals surface area (Å²) in [5.41, 5.74) is 1.10. The first-order valence-corrected chi connectivity index (χ1v) is 12.0. The molecule has 3 N–H and O–H groups in total. The molecule has 33 heavy (non-hydrogen) atoms. The molecule has 0 saturated heterocycles. The Balaban J connectivity index is 1.79. The average molecular weight is 461 g/mol. The molecule has 0 bridgehead atoms. The molecule has 0 aliphatic heterocycles. The number of esters is 1. The fourth-order valence-electron chi connectivity index (χ4n) is 4.26. The molecule has 1 aromatic carbocycles. The van der Waals surface area contributed by atoms with Gasteiger partial charge < -0.3 is 24.8 Å². The summed E-state index contributed by atoms with van der Waals surface area (Å²) < 4.78 is 10.4. The minimum atomic E-state index is -0.622. The van der Waals surface area contributed by atoms with E-state index in [-0.39, 0.29) is 23.9 Å². The van der Waals surface area contributed by atoms with Crippen molar-refractivity contribution in [3.63, 3.8) is 0 Å². The Labute approximate surface area is 197 Å². The molecular formula is C27H40O6. The standard InChI is InChI=1S/C27H40O6/c1-19(2)33-27(31)12-7-5-4-6-11-23-24(26(30)18-25(23)29)16-15-21(28)14-13-20-9-8-10-22(17-20)32-3/h4,6,8-10,15-17,19,21,23-26,28-30H,5,7,11-14,18H2,1-3H3/t21?,23-,24-,25?,26?/m1/s1. The highest BCUT2D eigenvalue weighted by Crippen LogP contribution is 2.36. The summed E-state index contributed by atoms with van der Waals surface area (Å²) >= 11 is 0. The van der Waals surface area contributed by atoms with Gasteiger partial charge in [-0.3, -0.25) is 4.79 Å². The van der Waals surface area contributed by atoms with E-state index in [1.807, 2.05) is 56.3 Å². The lowest BCUT2D eigenvalue weighted by molar-refractivity contribution is -0.147. The van der Waals surface area contributed by atoms with Gasteiger partial charge in [0.15, 0.2) is 0 Å². The highest BCUT2D eigenvalue weighted by Gasteiger charge is 2.39. The summed E-state index contributed by atoms with van der Waals surface area (Å²) in [7, 11) is 1.63. The maximum absolute atomic E-state index is 11.6. The Morgan fingerprint density at radius 2 is 2.00 bits per heavy atom. The van der Waals surface area contributed by atoms with Crippen LogP contribution in [-0.4, -0.2) is 52.8 Å². The van der Waals surface area contributed by atoms with Crippen molar-refractivity contribution in [2.75, 3.05) is 7.11 Å². The quantitative estimate of drug-likeness (QED) is 0.234. The molecule has 0 aromatic heterocycles. The van der Waals surface area contributed by atoms with Crippen molar-refractivity contribution in [2.45, 2.75) is 83.2 Å². The van der Waals surface area contributed by atoms with Crippen molar-refractivity contribution in [1.29, 1.82) is 0 Å². The monoisotopic (exact) mass is 460 g/mol. The van der Waals surface area contributed by atoms with Crippen molar-refractivity contribution in [1.82, 2.24) is 0 Å². The number of carbonyl (C=O) groups excluding carboxylic acids is 1. The van der Waals surface area contributed by atoms with Gasteiger partial charge in [0.25, 0.3) is 0 Å². The van der Waals surface area contributed by atoms with Gasteiger partial charge in [0.05, 0.1) is 31.5 Å². The van der Waals surface area contributed by atoms with Crippen LogP contribution >= 0.6 is 0 Å². The van der Waals surface area contributed by atoms with E-state index in [1.165, 1.54) is 0 Å². The zero-order valence-corrected chi connectivity index (χ0v) is 20.1. The van der Waals surface area contributed by atoms with E-state index in [4.69, 9.17) is 9.47 Å². The minimum Gasteiger partial charge on any atom is -0.497 e. The number of hydrogen-bond donors (Lipinski definition) is 3. The number of carbonyl (C=O) groups is 1. The summed E-state index contributed by atoms with van der Waals surface area (Å²) in [6.45, 7) is 3.67. The fraction of sp³-hybridized carbons (Fsp3) is 0.593. The molecule has 0 spiro atoms. The topological polar surface area (TPSA) is 96.2 Å². The van der Waals surface area contributed by atoms with Crippen LogP contribution in [0.4, 0.5) is 0 Å². The minimum absolute atomic E-state index is 0.0892. The Morgan fingerprint density at radius 1 is 1.21 bits per heavy atom. The van der Waals surface area contributed by atoms with Gasteiger partial charge in [-0.25, -0.2) is 0 Å². The highest BCUT2D eigenvalue weighted by molar-refractivity contribution is 5.69. The number of aliphatic hydroxyl groups is 3. The largest absolute Gasteiger partial charge is 0.497 e. The summed E-state index contributed by atoms with van der Waals surface area (Å²) in [4.78, 5) is 11.6. The lowest BCUT2D eigenvalue weighted by Gasteiger charge is -2.19. The molecule has 2 rings (SSSR count). The van der Waals surface area contributed by atoms with Crippen LogP contribution in [0.3, 0.4) is 0 Å². The third kappa shape index (κ3) is 9.70. The summed E-state index contributed by atoms with van der Waals surface area (Å²) in [6.07, 6.45) is 9.88. The van der Waals surface area contributed by atoms with Crippen LogP contribution in [0.2, 0.25) is 0 Å². The second kappa shape index (κ2) is 14.2. The molecule has 6 heteroatoms. The van der Waals surface area contributed by atoms with Crippen LogP contribution in [0.1, 0.15) is 57.9 Å². The Bertz CT molecular complexity index is 772. The van der Waals surface area contributed by atoms with Gasteiger partial charge in [0.1, 0.15) is 5.75 Å². The van der Waals surface area contributed by atoms with Crippen molar-refractivity contribution in [2.24, 2.45) is 11.8 Å². The Hall–Kier alpha value is -2.15. The van der Waals surface area contributed by atoms with Crippen LogP contribution in [0.15, 0.2) is 48.6 Å². The smallest absolute Gasteiger partial charge is 0.306 e. The second-order valence-corrected chi connectivity index (χ2v) is 9.09. The van der Waals surface area contributed by atoms with Gasteiger partial charge in [-0.15, -0.1) is 0 Å². The van der Waals surface area contributed by atoms with E-state index in [1.54, 1.807) is 13.2 Å². The van der Waals surface area contributed by atoms with Crippen molar-refractivity contribution in [3.05, 3.63) is 54.1 Å². The van der Waals surface area contributed by atoms with E-state index in [9.17, 15) is 20.1 Å². The molecule has 0 heterocycles. The van der Waals surface area contributed by atoms with E-state index in [0.29, 0.717) is 25.7 Å². The third-order valence-electron chi connectivity index (χ3n) is 6.03. The maximum Gasteiger partial charge on any atom is 0.306 e. The van der Waals surface area contributed by atoms with Crippen LogP contribution in [0, 0.1) is 11.8 Å². The lowest BCUT2D eigenvalue weighted by Crippen LogP contribution is -2.20. The van der Waals surface area contributed by atoms with Gasteiger partial charge in [-0.2, -0.15) is 0 Å². The second-order valence-electron chi connectivity index (χ2n) is 9.09. The van der Waals surface area contributed by atoms with E-state index in [2.05, 4.69) is 0 Å². The lowest BCUT2D eigenvalue weighted by atomic mass is 9.89. The fourth-order valence-corrected chi connectivity index (χ4v) is 4.26. The first-order valence-electron chi connectivity index (χ1n) is 12.0. The molecule has 1 aliphatic rings. The number of unbranched alkanes of at least 4 members (excludes halogenated alkanes) is 1. The number of ether oxygens (including phenoxy) is 2. The number of aliphatic hydroxyl groups excluding tert-OH is 3. The number of allylic oxidation sites excluding steroid dienone is 2. The molecule has 3 unspecified atom stereocenters. The van der Waals surface area contributed by atoms with Crippen LogP contribution in [0.25, 0.3) is 0 Å². The molecule has 1 fully saturated rings. The predicted molar refractivity (Wildman–Crippen MR) is 129 cm³/mol. The molecule has 1 aliphatic carbocycles. The summed E-state index contributed by atoms with van der Waals surface area (Å²) in [6, 6.07) is 7.79. The van der Waals surface area contributed by atoms with Gasteiger partial charge in [0.2, 0.25) is 0 Å². The number of methoxy groups -OCH3 is 1. The molecule has 5 atom stereocenters. The molecule has 0 radical (unpaired) electrons.